The van der Waals surface area contributed by atoms with Crippen molar-refractivity contribution in [3.05, 3.63) is 18.5 Å². The first-order valence-electron chi connectivity index (χ1n) is 6.78. The van der Waals surface area contributed by atoms with Crippen LogP contribution in [0.1, 0.15) is 20.8 Å². The van der Waals surface area contributed by atoms with Crippen LogP contribution in [-0.2, 0) is 4.74 Å². The summed E-state index contributed by atoms with van der Waals surface area (Å²) in [5.41, 5.74) is 6.93. The topological polar surface area (TPSA) is 71.7 Å². The van der Waals surface area contributed by atoms with Crippen molar-refractivity contribution in [3.63, 3.8) is 0 Å². The molecule has 0 saturated carbocycles. The Bertz CT molecular complexity index is 476. The minimum absolute atomic E-state index is 0.247. The lowest BCUT2D eigenvalue weighted by molar-refractivity contribution is 0.0240. The summed E-state index contributed by atoms with van der Waals surface area (Å²) in [5, 5.41) is 0. The number of carbonyl (C=O) groups excluding carboxylic acids is 1. The Kier molecular flexibility index (Phi) is 4.01. The quantitative estimate of drug-likeness (QED) is 0.847. The van der Waals surface area contributed by atoms with Crippen molar-refractivity contribution in [2.75, 3.05) is 36.8 Å². The Balaban J connectivity index is 1.91. The fourth-order valence-electron chi connectivity index (χ4n) is 2.09. The van der Waals surface area contributed by atoms with Crippen molar-refractivity contribution < 1.29 is 9.53 Å². The molecule has 1 aromatic heterocycles. The normalized spacial score (nSPS) is 16.1. The molecule has 0 aliphatic carbocycles. The van der Waals surface area contributed by atoms with Gasteiger partial charge in [-0.1, -0.05) is 0 Å². The Morgan fingerprint density at radius 3 is 2.45 bits per heavy atom. The molecule has 110 valence electrons. The summed E-state index contributed by atoms with van der Waals surface area (Å²) in [5.74, 6) is 0. The van der Waals surface area contributed by atoms with E-state index in [1.54, 1.807) is 17.3 Å². The number of nitrogens with two attached hydrogens (primary N) is 1. The number of ether oxygens (including phenoxy) is 1. The summed E-state index contributed by atoms with van der Waals surface area (Å²) >= 11 is 0. The highest BCUT2D eigenvalue weighted by Gasteiger charge is 2.25. The lowest BCUT2D eigenvalue weighted by Gasteiger charge is -2.36. The van der Waals surface area contributed by atoms with Gasteiger partial charge >= 0.3 is 6.09 Å². The number of hydrogen-bond acceptors (Lipinski definition) is 5. The summed E-state index contributed by atoms with van der Waals surface area (Å²) in [6.45, 7) is 8.42. The number of nitrogen functional groups attached to an aromatic ring is 1. The van der Waals surface area contributed by atoms with Gasteiger partial charge in [-0.2, -0.15) is 0 Å². The maximum atomic E-state index is 12.0. The van der Waals surface area contributed by atoms with Gasteiger partial charge in [-0.25, -0.2) is 4.79 Å². The van der Waals surface area contributed by atoms with Gasteiger partial charge in [-0.3, -0.25) is 4.98 Å². The van der Waals surface area contributed by atoms with E-state index in [-0.39, 0.29) is 6.09 Å². The van der Waals surface area contributed by atoms with Gasteiger partial charge in [0, 0.05) is 32.4 Å². The van der Waals surface area contributed by atoms with E-state index in [1.807, 2.05) is 26.8 Å². The summed E-state index contributed by atoms with van der Waals surface area (Å²) in [7, 11) is 0. The Morgan fingerprint density at radius 1 is 1.25 bits per heavy atom. The van der Waals surface area contributed by atoms with Crippen LogP contribution in [0.5, 0.6) is 0 Å². The number of anilines is 2. The minimum Gasteiger partial charge on any atom is -0.444 e. The highest BCUT2D eigenvalue weighted by molar-refractivity contribution is 5.68. The molecule has 2 rings (SSSR count). The first-order valence-corrected chi connectivity index (χ1v) is 6.78. The second kappa shape index (κ2) is 5.56. The molecule has 1 fully saturated rings. The Labute approximate surface area is 119 Å². The second-order valence-electron chi connectivity index (χ2n) is 5.93. The van der Waals surface area contributed by atoms with Crippen LogP contribution in [0.15, 0.2) is 18.5 Å². The third kappa shape index (κ3) is 3.76. The second-order valence-corrected chi connectivity index (χ2v) is 5.93. The zero-order valence-corrected chi connectivity index (χ0v) is 12.3. The van der Waals surface area contributed by atoms with Crippen molar-refractivity contribution in [2.45, 2.75) is 26.4 Å². The molecule has 1 saturated heterocycles. The van der Waals surface area contributed by atoms with Gasteiger partial charge in [0.25, 0.3) is 0 Å². The van der Waals surface area contributed by atoms with Gasteiger partial charge < -0.3 is 20.3 Å². The van der Waals surface area contributed by atoms with E-state index in [0.717, 1.165) is 18.8 Å². The third-order valence-corrected chi connectivity index (χ3v) is 3.04. The third-order valence-electron chi connectivity index (χ3n) is 3.04. The number of rotatable bonds is 1. The molecule has 0 unspecified atom stereocenters. The lowest BCUT2D eigenvalue weighted by atomic mass is 10.2. The predicted octanol–water partition coefficient (Wildman–Crippen LogP) is 1.72. The van der Waals surface area contributed by atoms with Crippen LogP contribution >= 0.6 is 0 Å². The molecule has 0 bridgehead atoms. The van der Waals surface area contributed by atoms with Crippen LogP contribution in [0.25, 0.3) is 0 Å². The molecule has 0 spiro atoms. The zero-order chi connectivity index (χ0) is 14.8. The molecule has 0 atom stereocenters. The highest BCUT2D eigenvalue weighted by atomic mass is 16.6. The van der Waals surface area contributed by atoms with Crippen molar-refractivity contribution in [1.29, 1.82) is 0 Å². The average Bonchev–Trinajstić information content (AvgIpc) is 2.37. The highest BCUT2D eigenvalue weighted by Crippen LogP contribution is 2.18. The molecule has 6 nitrogen and oxygen atoms in total. The molecule has 1 amide bonds. The van der Waals surface area contributed by atoms with Gasteiger partial charge in [0.15, 0.2) is 0 Å². The van der Waals surface area contributed by atoms with Crippen molar-refractivity contribution in [2.24, 2.45) is 0 Å². The van der Waals surface area contributed by atoms with Crippen molar-refractivity contribution >= 4 is 17.5 Å². The fourth-order valence-corrected chi connectivity index (χ4v) is 2.09. The molecule has 2 heterocycles. The summed E-state index contributed by atoms with van der Waals surface area (Å²) in [4.78, 5) is 20.0. The van der Waals surface area contributed by atoms with Crippen LogP contribution in [0.2, 0.25) is 0 Å². The standard InChI is InChI=1S/C14H22N4O2/c1-14(2,3)20-13(19)18-6-4-17(5-7-18)12-8-11(15)9-16-10-12/h8-10H,4-7,15H2,1-3H3. The first kappa shape index (κ1) is 14.4. The summed E-state index contributed by atoms with van der Waals surface area (Å²) in [6.07, 6.45) is 3.17. The fraction of sp³-hybridized carbons (Fsp3) is 0.571. The van der Waals surface area contributed by atoms with E-state index < -0.39 is 5.60 Å². The van der Waals surface area contributed by atoms with Gasteiger partial charge in [-0.15, -0.1) is 0 Å². The average molecular weight is 278 g/mol. The SMILES string of the molecule is CC(C)(C)OC(=O)N1CCN(c2cncc(N)c2)CC1. The minimum atomic E-state index is -0.452. The molecule has 1 aliphatic rings. The molecule has 1 aromatic rings. The van der Waals surface area contributed by atoms with Gasteiger partial charge in [0.1, 0.15) is 5.60 Å². The van der Waals surface area contributed by atoms with Gasteiger partial charge in [0.05, 0.1) is 17.6 Å². The molecule has 6 heteroatoms. The number of piperazine rings is 1. The zero-order valence-electron chi connectivity index (χ0n) is 12.3. The molecular formula is C14H22N4O2. The molecule has 0 aromatic carbocycles. The number of amides is 1. The predicted molar refractivity (Wildman–Crippen MR) is 78.7 cm³/mol. The molecule has 1 aliphatic heterocycles. The molecule has 0 radical (unpaired) electrons. The molecule has 20 heavy (non-hydrogen) atoms. The molecular weight excluding hydrogens is 256 g/mol. The van der Waals surface area contributed by atoms with Gasteiger partial charge in [-0.05, 0) is 26.8 Å². The van der Waals surface area contributed by atoms with Gasteiger partial charge in [0.2, 0.25) is 0 Å². The Morgan fingerprint density at radius 2 is 1.90 bits per heavy atom. The van der Waals surface area contributed by atoms with E-state index in [4.69, 9.17) is 10.5 Å². The number of hydrogen-bond donors (Lipinski definition) is 1. The Hall–Kier alpha value is -1.98. The van der Waals surface area contributed by atoms with Crippen LogP contribution in [0.4, 0.5) is 16.2 Å². The largest absolute Gasteiger partial charge is 0.444 e. The van der Waals surface area contributed by atoms with E-state index in [1.165, 1.54) is 0 Å². The lowest BCUT2D eigenvalue weighted by Crippen LogP contribution is -2.50. The van der Waals surface area contributed by atoms with Crippen LogP contribution in [-0.4, -0.2) is 47.8 Å². The maximum absolute atomic E-state index is 12.0. The number of pyridine rings is 1. The van der Waals surface area contributed by atoms with E-state index in [9.17, 15) is 4.79 Å². The molecule has 2 N–H and O–H groups in total. The van der Waals surface area contributed by atoms with Crippen LogP contribution < -0.4 is 10.6 Å². The smallest absolute Gasteiger partial charge is 0.410 e. The van der Waals surface area contributed by atoms with E-state index >= 15 is 0 Å². The first-order chi connectivity index (χ1) is 9.35. The summed E-state index contributed by atoms with van der Waals surface area (Å²) < 4.78 is 5.37. The van der Waals surface area contributed by atoms with E-state index in [2.05, 4.69) is 9.88 Å². The number of nitrogens with zero attached hydrogens (tertiary/aromatic N) is 3. The van der Waals surface area contributed by atoms with E-state index in [0.29, 0.717) is 18.8 Å². The number of carbonyl (C=O) groups is 1. The maximum Gasteiger partial charge on any atom is 0.410 e. The van der Waals surface area contributed by atoms with Crippen molar-refractivity contribution in [3.8, 4) is 0 Å². The van der Waals surface area contributed by atoms with Crippen LogP contribution in [0, 0.1) is 0 Å². The summed E-state index contributed by atoms with van der Waals surface area (Å²) in [6, 6.07) is 1.90. The van der Waals surface area contributed by atoms with Crippen molar-refractivity contribution in [1.82, 2.24) is 9.88 Å². The number of aromatic nitrogens is 1. The monoisotopic (exact) mass is 278 g/mol. The van der Waals surface area contributed by atoms with Crippen LogP contribution in [0.3, 0.4) is 0 Å².